The second-order valence-corrected chi connectivity index (χ2v) is 8.58. The summed E-state index contributed by atoms with van der Waals surface area (Å²) in [6.07, 6.45) is 0. The predicted octanol–water partition coefficient (Wildman–Crippen LogP) is 4.31. The van der Waals surface area contributed by atoms with Gasteiger partial charge in [0.05, 0.1) is 10.2 Å². The summed E-state index contributed by atoms with van der Waals surface area (Å²) in [6, 6.07) is 15.2. The van der Waals surface area contributed by atoms with E-state index in [-0.39, 0.29) is 4.21 Å². The van der Waals surface area contributed by atoms with E-state index in [4.69, 9.17) is 0 Å². The van der Waals surface area contributed by atoms with E-state index in [0.717, 1.165) is 21.0 Å². The topological polar surface area (TPSA) is 59.1 Å². The molecule has 4 rings (SSSR count). The van der Waals surface area contributed by atoms with Crippen LogP contribution in [0.2, 0.25) is 0 Å². The smallest absolute Gasteiger partial charge is 0.254 e. The lowest BCUT2D eigenvalue weighted by molar-refractivity contribution is 0.603. The molecule has 0 spiro atoms. The maximum atomic E-state index is 12.3. The zero-order chi connectivity index (χ0) is 15.2. The molecule has 0 aliphatic rings. The lowest BCUT2D eigenvalue weighted by atomic mass is 10.1. The standard InChI is InChI=1S/C15H10N2O2S3/c18-22(19,13-6-3-9-20-13)17-15-16-14-11-5-2-1-4-10(11)7-8-12(14)21-15/h1-9H,(H,16,17). The lowest BCUT2D eigenvalue weighted by Gasteiger charge is -2.01. The molecule has 1 N–H and O–H groups in total. The highest BCUT2D eigenvalue weighted by atomic mass is 32.2. The van der Waals surface area contributed by atoms with Crippen molar-refractivity contribution in [1.82, 2.24) is 4.98 Å². The highest BCUT2D eigenvalue weighted by molar-refractivity contribution is 7.94. The molecule has 0 saturated carbocycles. The van der Waals surface area contributed by atoms with Gasteiger partial charge in [-0.05, 0) is 22.9 Å². The van der Waals surface area contributed by atoms with Gasteiger partial charge >= 0.3 is 0 Å². The summed E-state index contributed by atoms with van der Waals surface area (Å²) in [5.41, 5.74) is 0.826. The molecule has 0 aliphatic carbocycles. The molecule has 0 atom stereocenters. The Balaban J connectivity index is 1.82. The maximum absolute atomic E-state index is 12.3. The van der Waals surface area contributed by atoms with Gasteiger partial charge in [-0.1, -0.05) is 47.7 Å². The van der Waals surface area contributed by atoms with E-state index in [9.17, 15) is 8.42 Å². The number of nitrogens with one attached hydrogen (secondary N) is 1. The second kappa shape index (κ2) is 5.05. The summed E-state index contributed by atoms with van der Waals surface area (Å²) >= 11 is 2.52. The number of thiophene rings is 1. The largest absolute Gasteiger partial charge is 0.273 e. The van der Waals surface area contributed by atoms with Crippen molar-refractivity contribution in [2.24, 2.45) is 0 Å². The first kappa shape index (κ1) is 13.7. The summed E-state index contributed by atoms with van der Waals surface area (Å²) in [6.45, 7) is 0. The maximum Gasteiger partial charge on any atom is 0.273 e. The SMILES string of the molecule is O=S(=O)(Nc1nc2c(ccc3ccccc32)s1)c1cccs1. The molecule has 2 aromatic carbocycles. The number of sulfonamides is 1. The molecule has 0 unspecified atom stereocenters. The number of thiazole rings is 1. The van der Waals surface area contributed by atoms with Gasteiger partial charge in [-0.25, -0.2) is 13.4 Å². The van der Waals surface area contributed by atoms with Crippen molar-refractivity contribution in [2.75, 3.05) is 4.72 Å². The van der Waals surface area contributed by atoms with Gasteiger partial charge in [0, 0.05) is 5.39 Å². The molecule has 110 valence electrons. The molecule has 0 bridgehead atoms. The number of anilines is 1. The zero-order valence-corrected chi connectivity index (χ0v) is 13.6. The third-order valence-corrected chi connectivity index (χ3v) is 7.07. The lowest BCUT2D eigenvalue weighted by Crippen LogP contribution is -2.10. The molecule has 0 aliphatic heterocycles. The summed E-state index contributed by atoms with van der Waals surface area (Å²) < 4.78 is 28.4. The van der Waals surface area contributed by atoms with Crippen molar-refractivity contribution in [3.8, 4) is 0 Å². The van der Waals surface area contributed by atoms with E-state index >= 15 is 0 Å². The fourth-order valence-corrected chi connectivity index (χ4v) is 5.40. The Morgan fingerprint density at radius 1 is 1.00 bits per heavy atom. The Hall–Kier alpha value is -1.96. The minimum Gasteiger partial charge on any atom is -0.254 e. The van der Waals surface area contributed by atoms with E-state index < -0.39 is 10.0 Å². The first-order valence-corrected chi connectivity index (χ1v) is 9.66. The molecule has 0 saturated heterocycles. The van der Waals surface area contributed by atoms with Crippen LogP contribution in [0.5, 0.6) is 0 Å². The van der Waals surface area contributed by atoms with Crippen LogP contribution in [-0.2, 0) is 10.0 Å². The second-order valence-electron chi connectivity index (χ2n) is 4.69. The van der Waals surface area contributed by atoms with Gasteiger partial charge in [-0.2, -0.15) is 0 Å². The van der Waals surface area contributed by atoms with Crippen LogP contribution in [0.1, 0.15) is 0 Å². The van der Waals surface area contributed by atoms with Crippen LogP contribution in [0.15, 0.2) is 58.1 Å². The Morgan fingerprint density at radius 2 is 1.86 bits per heavy atom. The predicted molar refractivity (Wildman–Crippen MR) is 92.3 cm³/mol. The average Bonchev–Trinajstić information content (AvgIpc) is 3.16. The van der Waals surface area contributed by atoms with Crippen LogP contribution in [0.4, 0.5) is 5.13 Å². The van der Waals surface area contributed by atoms with E-state index in [2.05, 4.69) is 9.71 Å². The van der Waals surface area contributed by atoms with Gasteiger partial charge < -0.3 is 0 Å². The minimum atomic E-state index is -3.55. The Morgan fingerprint density at radius 3 is 2.68 bits per heavy atom. The number of aromatic nitrogens is 1. The molecule has 22 heavy (non-hydrogen) atoms. The van der Waals surface area contributed by atoms with Gasteiger partial charge in [0.15, 0.2) is 5.13 Å². The number of benzene rings is 2. The fourth-order valence-electron chi connectivity index (χ4n) is 2.29. The summed E-state index contributed by atoms with van der Waals surface area (Å²) in [4.78, 5) is 4.47. The van der Waals surface area contributed by atoms with E-state index in [1.807, 2.05) is 36.4 Å². The van der Waals surface area contributed by atoms with Crippen molar-refractivity contribution in [3.05, 3.63) is 53.9 Å². The van der Waals surface area contributed by atoms with Crippen molar-refractivity contribution < 1.29 is 8.42 Å². The Labute approximate surface area is 135 Å². The average molecular weight is 346 g/mol. The van der Waals surface area contributed by atoms with Crippen molar-refractivity contribution in [2.45, 2.75) is 4.21 Å². The van der Waals surface area contributed by atoms with Crippen molar-refractivity contribution in [3.63, 3.8) is 0 Å². The molecule has 4 nitrogen and oxygen atoms in total. The molecule has 4 aromatic rings. The minimum absolute atomic E-state index is 0.289. The van der Waals surface area contributed by atoms with Gasteiger partial charge in [0.25, 0.3) is 10.0 Å². The molecular formula is C15H10N2O2S3. The number of rotatable bonds is 3. The van der Waals surface area contributed by atoms with Crippen LogP contribution >= 0.6 is 22.7 Å². The first-order chi connectivity index (χ1) is 10.6. The van der Waals surface area contributed by atoms with Crippen LogP contribution in [-0.4, -0.2) is 13.4 Å². The highest BCUT2D eigenvalue weighted by Gasteiger charge is 2.18. The van der Waals surface area contributed by atoms with Crippen molar-refractivity contribution in [1.29, 1.82) is 0 Å². The van der Waals surface area contributed by atoms with E-state index in [1.165, 1.54) is 22.7 Å². The molecule has 2 heterocycles. The number of nitrogens with zero attached hydrogens (tertiary/aromatic N) is 1. The third-order valence-electron chi connectivity index (χ3n) is 3.27. The zero-order valence-electron chi connectivity index (χ0n) is 11.2. The van der Waals surface area contributed by atoms with Gasteiger partial charge in [0.2, 0.25) is 0 Å². The third kappa shape index (κ3) is 2.27. The van der Waals surface area contributed by atoms with E-state index in [0.29, 0.717) is 5.13 Å². The summed E-state index contributed by atoms with van der Waals surface area (Å²) in [5.74, 6) is 0. The molecule has 0 radical (unpaired) electrons. The molecule has 7 heteroatoms. The quantitative estimate of drug-likeness (QED) is 0.601. The van der Waals surface area contributed by atoms with E-state index in [1.54, 1.807) is 17.5 Å². The normalized spacial score (nSPS) is 12.0. The van der Waals surface area contributed by atoms with Crippen LogP contribution in [0.25, 0.3) is 21.0 Å². The van der Waals surface area contributed by atoms with Crippen LogP contribution < -0.4 is 4.72 Å². The van der Waals surface area contributed by atoms with Gasteiger partial charge in [0.1, 0.15) is 4.21 Å². The summed E-state index contributed by atoms with van der Waals surface area (Å²) in [7, 11) is -3.55. The fraction of sp³-hybridized carbons (Fsp3) is 0. The van der Waals surface area contributed by atoms with Crippen molar-refractivity contribution >= 4 is 58.8 Å². The number of fused-ring (bicyclic) bond motifs is 3. The summed E-state index contributed by atoms with van der Waals surface area (Å²) in [5, 5.41) is 4.24. The number of hydrogen-bond donors (Lipinski definition) is 1. The Bertz CT molecular complexity index is 1070. The molecule has 2 aromatic heterocycles. The Kier molecular flexibility index (Phi) is 3.14. The van der Waals surface area contributed by atoms with Gasteiger partial charge in [-0.15, -0.1) is 11.3 Å². The molecule has 0 fully saturated rings. The molecule has 0 amide bonds. The number of hydrogen-bond acceptors (Lipinski definition) is 5. The van der Waals surface area contributed by atoms with Crippen LogP contribution in [0, 0.1) is 0 Å². The van der Waals surface area contributed by atoms with Crippen LogP contribution in [0.3, 0.4) is 0 Å². The highest BCUT2D eigenvalue weighted by Crippen LogP contribution is 2.33. The monoisotopic (exact) mass is 346 g/mol. The van der Waals surface area contributed by atoms with Gasteiger partial charge in [-0.3, -0.25) is 4.72 Å². The first-order valence-electron chi connectivity index (χ1n) is 6.48. The molecular weight excluding hydrogens is 336 g/mol.